The maximum atomic E-state index is 5.21. The number of rotatable bonds is 8. The Labute approximate surface area is 325 Å². The minimum atomic E-state index is 0.573. The van der Waals surface area contributed by atoms with E-state index in [1.54, 1.807) is 0 Å². The lowest BCUT2D eigenvalue weighted by molar-refractivity contribution is 0.953. The van der Waals surface area contributed by atoms with Crippen molar-refractivity contribution in [3.05, 3.63) is 212 Å². The summed E-state index contributed by atoms with van der Waals surface area (Å²) in [6.45, 7) is 0. The van der Waals surface area contributed by atoms with Gasteiger partial charge in [-0.25, -0.2) is 4.98 Å². The minimum absolute atomic E-state index is 0.573. The fourth-order valence-corrected chi connectivity index (χ4v) is 7.60. The van der Waals surface area contributed by atoms with Crippen LogP contribution in [0.2, 0.25) is 0 Å². The van der Waals surface area contributed by atoms with E-state index in [0.29, 0.717) is 17.6 Å². The summed E-state index contributed by atoms with van der Waals surface area (Å²) >= 11 is 0. The van der Waals surface area contributed by atoms with Gasteiger partial charge in [0.15, 0.2) is 11.6 Å². The molecule has 0 bridgehead atoms. The molecule has 0 saturated carbocycles. The summed E-state index contributed by atoms with van der Waals surface area (Å²) < 4.78 is 2.17. The van der Waals surface area contributed by atoms with E-state index >= 15 is 0 Å². The SMILES string of the molecule is c1ccc(-c2ccc3c(c2)c2ccccc2n3-c2nc(-c3ccccc3)nc(-c3ccc(-c4ccccc4N(c4ccccc4)c4ccccc4)cc3)n2)cc1. The molecule has 0 radical (unpaired) electrons. The van der Waals surface area contributed by atoms with Gasteiger partial charge in [-0.05, 0) is 65.2 Å². The highest BCUT2D eigenvalue weighted by atomic mass is 15.2. The topological polar surface area (TPSA) is 46.8 Å². The molecule has 264 valence electrons. The Balaban J connectivity index is 1.10. The first-order chi connectivity index (χ1) is 27.8. The van der Waals surface area contributed by atoms with Gasteiger partial charge in [0.1, 0.15) is 0 Å². The normalized spacial score (nSPS) is 11.2. The Kier molecular flexibility index (Phi) is 8.43. The number of fused-ring (bicyclic) bond motifs is 3. The van der Waals surface area contributed by atoms with E-state index in [4.69, 9.17) is 15.0 Å². The van der Waals surface area contributed by atoms with Crippen molar-refractivity contribution in [1.29, 1.82) is 0 Å². The molecule has 0 fully saturated rings. The summed E-state index contributed by atoms with van der Waals surface area (Å²) in [6, 6.07) is 73.9. The van der Waals surface area contributed by atoms with Gasteiger partial charge in [0.2, 0.25) is 5.95 Å². The average molecular weight is 718 g/mol. The molecule has 8 aromatic carbocycles. The maximum Gasteiger partial charge on any atom is 0.238 e. The van der Waals surface area contributed by atoms with E-state index in [1.165, 1.54) is 11.1 Å². The van der Waals surface area contributed by atoms with Crippen molar-refractivity contribution >= 4 is 38.9 Å². The van der Waals surface area contributed by atoms with Gasteiger partial charge < -0.3 is 4.90 Å². The molecule has 0 aliphatic heterocycles. The zero-order valence-electron chi connectivity index (χ0n) is 30.4. The molecular formula is C51H35N5. The van der Waals surface area contributed by atoms with Crippen LogP contribution in [0.4, 0.5) is 17.1 Å². The van der Waals surface area contributed by atoms with Crippen LogP contribution in [-0.2, 0) is 0 Å². The Bertz CT molecular complexity index is 2900. The molecule has 5 nitrogen and oxygen atoms in total. The smallest absolute Gasteiger partial charge is 0.238 e. The zero-order valence-corrected chi connectivity index (χ0v) is 30.4. The molecule has 0 N–H and O–H groups in total. The first-order valence-electron chi connectivity index (χ1n) is 18.8. The van der Waals surface area contributed by atoms with Crippen LogP contribution in [-0.4, -0.2) is 19.5 Å². The van der Waals surface area contributed by atoms with Crippen LogP contribution in [0.5, 0.6) is 0 Å². The molecule has 0 spiro atoms. The van der Waals surface area contributed by atoms with Gasteiger partial charge in [0.05, 0.1) is 16.7 Å². The summed E-state index contributed by atoms with van der Waals surface area (Å²) in [7, 11) is 0. The molecular weight excluding hydrogens is 683 g/mol. The van der Waals surface area contributed by atoms with E-state index in [2.05, 4.69) is 191 Å². The van der Waals surface area contributed by atoms with Crippen molar-refractivity contribution in [2.24, 2.45) is 0 Å². The number of anilines is 3. The van der Waals surface area contributed by atoms with E-state index in [1.807, 2.05) is 30.3 Å². The molecule has 5 heteroatoms. The number of hydrogen-bond acceptors (Lipinski definition) is 4. The van der Waals surface area contributed by atoms with Crippen molar-refractivity contribution in [2.45, 2.75) is 0 Å². The lowest BCUT2D eigenvalue weighted by Crippen LogP contribution is -2.10. The summed E-state index contributed by atoms with van der Waals surface area (Å²) in [5.74, 6) is 1.80. The van der Waals surface area contributed by atoms with Gasteiger partial charge >= 0.3 is 0 Å². The van der Waals surface area contributed by atoms with E-state index in [9.17, 15) is 0 Å². The molecule has 0 amide bonds. The maximum absolute atomic E-state index is 5.21. The van der Waals surface area contributed by atoms with E-state index < -0.39 is 0 Å². The van der Waals surface area contributed by atoms with Gasteiger partial charge in [-0.1, -0.05) is 164 Å². The van der Waals surface area contributed by atoms with Crippen molar-refractivity contribution in [3.8, 4) is 51.0 Å². The number of para-hydroxylation sites is 4. The van der Waals surface area contributed by atoms with Crippen molar-refractivity contribution in [1.82, 2.24) is 19.5 Å². The van der Waals surface area contributed by atoms with Crippen LogP contribution in [0.1, 0.15) is 0 Å². The summed E-state index contributed by atoms with van der Waals surface area (Å²) in [4.78, 5) is 17.7. The molecule has 10 aromatic rings. The van der Waals surface area contributed by atoms with Gasteiger partial charge in [0, 0.05) is 38.8 Å². The van der Waals surface area contributed by atoms with Gasteiger partial charge in [-0.15, -0.1) is 0 Å². The number of aromatic nitrogens is 4. The second kappa shape index (κ2) is 14.3. The Hall–Kier alpha value is -7.63. The van der Waals surface area contributed by atoms with Gasteiger partial charge in [-0.3, -0.25) is 4.57 Å². The number of hydrogen-bond donors (Lipinski definition) is 0. The highest BCUT2D eigenvalue weighted by Gasteiger charge is 2.20. The summed E-state index contributed by atoms with van der Waals surface area (Å²) in [6.07, 6.45) is 0. The average Bonchev–Trinajstić information content (AvgIpc) is 3.62. The summed E-state index contributed by atoms with van der Waals surface area (Å²) in [5, 5.41) is 2.29. The van der Waals surface area contributed by atoms with E-state index in [0.717, 1.165) is 61.1 Å². The Morgan fingerprint density at radius 2 is 0.821 bits per heavy atom. The van der Waals surface area contributed by atoms with Crippen molar-refractivity contribution in [2.75, 3.05) is 4.90 Å². The van der Waals surface area contributed by atoms with E-state index in [-0.39, 0.29) is 0 Å². The molecule has 2 heterocycles. The van der Waals surface area contributed by atoms with Crippen LogP contribution in [0.3, 0.4) is 0 Å². The van der Waals surface area contributed by atoms with Crippen LogP contribution in [0, 0.1) is 0 Å². The highest BCUT2D eigenvalue weighted by molar-refractivity contribution is 6.10. The minimum Gasteiger partial charge on any atom is -0.310 e. The molecule has 0 atom stereocenters. The van der Waals surface area contributed by atoms with Crippen LogP contribution < -0.4 is 4.90 Å². The number of benzene rings is 8. The van der Waals surface area contributed by atoms with Crippen LogP contribution in [0.15, 0.2) is 212 Å². The lowest BCUT2D eigenvalue weighted by Gasteiger charge is -2.27. The first kappa shape index (κ1) is 33.0. The predicted octanol–water partition coefficient (Wildman–Crippen LogP) is 13.1. The first-order valence-corrected chi connectivity index (χ1v) is 18.8. The van der Waals surface area contributed by atoms with Crippen LogP contribution in [0.25, 0.3) is 72.8 Å². The summed E-state index contributed by atoms with van der Waals surface area (Å²) in [5.41, 5.74) is 11.7. The Morgan fingerprint density at radius 1 is 0.339 bits per heavy atom. The zero-order chi connectivity index (χ0) is 37.3. The monoisotopic (exact) mass is 717 g/mol. The molecule has 0 aliphatic rings. The third-order valence-electron chi connectivity index (χ3n) is 10.3. The Morgan fingerprint density at radius 3 is 1.48 bits per heavy atom. The molecule has 10 rings (SSSR count). The molecule has 0 aliphatic carbocycles. The van der Waals surface area contributed by atoms with Crippen molar-refractivity contribution < 1.29 is 0 Å². The molecule has 56 heavy (non-hydrogen) atoms. The third-order valence-corrected chi connectivity index (χ3v) is 10.3. The fourth-order valence-electron chi connectivity index (χ4n) is 7.60. The third kappa shape index (κ3) is 6.07. The predicted molar refractivity (Wildman–Crippen MR) is 231 cm³/mol. The highest BCUT2D eigenvalue weighted by Crippen LogP contribution is 2.41. The molecule has 0 saturated heterocycles. The standard InChI is InChI=1S/C51H35N5/c1-5-17-36(18-6-1)40-33-34-48-45(35-40)44-26-14-16-28-47(44)56(48)51-53-49(38-19-7-2-8-20-38)52-50(54-51)39-31-29-37(30-32-39)43-25-13-15-27-46(43)55(41-21-9-3-10-22-41)42-23-11-4-12-24-42/h1-35H. The molecule has 0 unspecified atom stereocenters. The van der Waals surface area contributed by atoms with Crippen LogP contribution >= 0.6 is 0 Å². The van der Waals surface area contributed by atoms with Gasteiger partial charge in [-0.2, -0.15) is 9.97 Å². The molecule has 2 aromatic heterocycles. The fraction of sp³-hybridized carbons (Fsp3) is 0. The largest absolute Gasteiger partial charge is 0.310 e. The second-order valence-electron chi connectivity index (χ2n) is 13.7. The number of nitrogens with zero attached hydrogens (tertiary/aromatic N) is 5. The lowest BCUT2D eigenvalue weighted by atomic mass is 10.0. The van der Waals surface area contributed by atoms with Gasteiger partial charge in [0.25, 0.3) is 0 Å². The quantitative estimate of drug-likeness (QED) is 0.157. The second-order valence-corrected chi connectivity index (χ2v) is 13.7. The van der Waals surface area contributed by atoms with Crippen molar-refractivity contribution in [3.63, 3.8) is 0 Å².